The standard InChI is InChI=1S/C10H12F3NO2.ClH/c1-16-9-3-2-6(4-8(9)15)7(14)5-10(11,12)13;/h2-4,7,15H,5,14H2,1H3;1H/t7-;/m0./s1. The van der Waals surface area contributed by atoms with E-state index in [0.29, 0.717) is 0 Å². The minimum atomic E-state index is -4.32. The molecule has 17 heavy (non-hydrogen) atoms. The SMILES string of the molecule is COc1ccc([C@@H](N)CC(F)(F)F)cc1O.Cl. The van der Waals surface area contributed by atoms with Crippen LogP contribution in [-0.2, 0) is 0 Å². The van der Waals surface area contributed by atoms with Gasteiger partial charge in [-0.3, -0.25) is 0 Å². The van der Waals surface area contributed by atoms with Crippen molar-refractivity contribution in [1.82, 2.24) is 0 Å². The molecule has 7 heteroatoms. The number of phenols is 1. The van der Waals surface area contributed by atoms with Gasteiger partial charge in [0, 0.05) is 6.04 Å². The highest BCUT2D eigenvalue weighted by atomic mass is 35.5. The molecule has 0 unspecified atom stereocenters. The van der Waals surface area contributed by atoms with Crippen LogP contribution in [0.3, 0.4) is 0 Å². The fraction of sp³-hybridized carbons (Fsp3) is 0.400. The predicted molar refractivity (Wildman–Crippen MR) is 59.5 cm³/mol. The second-order valence-electron chi connectivity index (χ2n) is 3.36. The molecule has 1 rings (SSSR count). The summed E-state index contributed by atoms with van der Waals surface area (Å²) in [4.78, 5) is 0. The number of aromatic hydroxyl groups is 1. The molecule has 1 aromatic rings. The number of alkyl halides is 3. The summed E-state index contributed by atoms with van der Waals surface area (Å²) in [7, 11) is 1.35. The summed E-state index contributed by atoms with van der Waals surface area (Å²) in [5.41, 5.74) is 5.59. The van der Waals surface area contributed by atoms with Gasteiger partial charge in [0.15, 0.2) is 11.5 Å². The summed E-state index contributed by atoms with van der Waals surface area (Å²) in [6.45, 7) is 0. The monoisotopic (exact) mass is 271 g/mol. The minimum Gasteiger partial charge on any atom is -0.504 e. The van der Waals surface area contributed by atoms with Crippen molar-refractivity contribution in [1.29, 1.82) is 0 Å². The Morgan fingerprint density at radius 2 is 2.00 bits per heavy atom. The number of halogens is 4. The van der Waals surface area contributed by atoms with Crippen LogP contribution in [0.1, 0.15) is 18.0 Å². The third-order valence-electron chi connectivity index (χ3n) is 2.08. The molecule has 0 bridgehead atoms. The second-order valence-corrected chi connectivity index (χ2v) is 3.36. The molecule has 0 heterocycles. The van der Waals surface area contributed by atoms with E-state index in [0.717, 1.165) is 0 Å². The molecule has 0 radical (unpaired) electrons. The van der Waals surface area contributed by atoms with Crippen molar-refractivity contribution in [3.05, 3.63) is 23.8 Å². The topological polar surface area (TPSA) is 55.5 Å². The maximum absolute atomic E-state index is 12.1. The lowest BCUT2D eigenvalue weighted by Crippen LogP contribution is -2.20. The van der Waals surface area contributed by atoms with Crippen molar-refractivity contribution >= 4 is 12.4 Å². The molecule has 0 fully saturated rings. The van der Waals surface area contributed by atoms with Crippen molar-refractivity contribution in [2.24, 2.45) is 5.73 Å². The quantitative estimate of drug-likeness (QED) is 0.889. The molecule has 0 aliphatic rings. The van der Waals surface area contributed by atoms with Gasteiger partial charge in [-0.1, -0.05) is 6.07 Å². The van der Waals surface area contributed by atoms with E-state index in [9.17, 15) is 18.3 Å². The second kappa shape index (κ2) is 5.97. The number of benzene rings is 1. The van der Waals surface area contributed by atoms with E-state index >= 15 is 0 Å². The molecule has 0 saturated carbocycles. The third-order valence-corrected chi connectivity index (χ3v) is 2.08. The molecule has 98 valence electrons. The van der Waals surface area contributed by atoms with Gasteiger partial charge in [0.1, 0.15) is 0 Å². The molecule has 0 aliphatic heterocycles. The van der Waals surface area contributed by atoms with Gasteiger partial charge in [-0.15, -0.1) is 12.4 Å². The van der Waals surface area contributed by atoms with Gasteiger partial charge < -0.3 is 15.6 Å². The smallest absolute Gasteiger partial charge is 0.390 e. The largest absolute Gasteiger partial charge is 0.504 e. The molecule has 3 nitrogen and oxygen atoms in total. The average Bonchev–Trinajstić information content (AvgIpc) is 2.15. The van der Waals surface area contributed by atoms with Crippen LogP contribution < -0.4 is 10.5 Å². The summed E-state index contributed by atoms with van der Waals surface area (Å²) in [6.07, 6.45) is -5.45. The summed E-state index contributed by atoms with van der Waals surface area (Å²) < 4.78 is 41.0. The molecule has 0 amide bonds. The average molecular weight is 272 g/mol. The number of rotatable bonds is 3. The summed E-state index contributed by atoms with van der Waals surface area (Å²) in [5, 5.41) is 9.38. The van der Waals surface area contributed by atoms with E-state index < -0.39 is 18.6 Å². The summed E-state index contributed by atoms with van der Waals surface area (Å²) in [6, 6.07) is 2.77. The summed E-state index contributed by atoms with van der Waals surface area (Å²) >= 11 is 0. The number of hydrogen-bond acceptors (Lipinski definition) is 3. The van der Waals surface area contributed by atoms with Crippen molar-refractivity contribution in [3.8, 4) is 11.5 Å². The van der Waals surface area contributed by atoms with Crippen LogP contribution >= 0.6 is 12.4 Å². The van der Waals surface area contributed by atoms with E-state index in [1.165, 1.54) is 25.3 Å². The molecular formula is C10H13ClF3NO2. The number of phenolic OH excluding ortho intramolecular Hbond substituents is 1. The van der Waals surface area contributed by atoms with Gasteiger partial charge in [-0.2, -0.15) is 13.2 Å². The van der Waals surface area contributed by atoms with Crippen LogP contribution in [0.4, 0.5) is 13.2 Å². The zero-order valence-electron chi connectivity index (χ0n) is 8.99. The predicted octanol–water partition coefficient (Wildman–Crippen LogP) is 2.77. The molecular weight excluding hydrogens is 259 g/mol. The first-order valence-electron chi connectivity index (χ1n) is 4.52. The van der Waals surface area contributed by atoms with E-state index in [1.54, 1.807) is 0 Å². The molecule has 1 aromatic carbocycles. The van der Waals surface area contributed by atoms with E-state index in [4.69, 9.17) is 10.5 Å². The number of methoxy groups -OCH3 is 1. The van der Waals surface area contributed by atoms with Gasteiger partial charge in [0.25, 0.3) is 0 Å². The zero-order chi connectivity index (χ0) is 12.3. The normalized spacial score (nSPS) is 12.8. The van der Waals surface area contributed by atoms with Crippen molar-refractivity contribution in [3.63, 3.8) is 0 Å². The Balaban J connectivity index is 0.00000256. The first-order valence-corrected chi connectivity index (χ1v) is 4.52. The number of ether oxygens (including phenoxy) is 1. The lowest BCUT2D eigenvalue weighted by Gasteiger charge is -2.15. The Hall–Kier alpha value is -1.14. The molecule has 1 atom stereocenters. The maximum atomic E-state index is 12.1. The van der Waals surface area contributed by atoms with E-state index in [-0.39, 0.29) is 29.5 Å². The van der Waals surface area contributed by atoms with Crippen molar-refractivity contribution < 1.29 is 23.0 Å². The lowest BCUT2D eigenvalue weighted by molar-refractivity contribution is -0.138. The molecule has 0 spiro atoms. The van der Waals surface area contributed by atoms with Crippen LogP contribution in [0, 0.1) is 0 Å². The Morgan fingerprint density at radius 3 is 2.41 bits per heavy atom. The maximum Gasteiger partial charge on any atom is 0.390 e. The lowest BCUT2D eigenvalue weighted by atomic mass is 10.0. The van der Waals surface area contributed by atoms with Crippen molar-refractivity contribution in [2.45, 2.75) is 18.6 Å². The molecule has 3 N–H and O–H groups in total. The Labute approximate surface area is 103 Å². The molecule has 0 aromatic heterocycles. The number of hydrogen-bond donors (Lipinski definition) is 2. The third kappa shape index (κ3) is 4.70. The van der Waals surface area contributed by atoms with Gasteiger partial charge in [-0.25, -0.2) is 0 Å². The van der Waals surface area contributed by atoms with E-state index in [2.05, 4.69) is 0 Å². The highest BCUT2D eigenvalue weighted by molar-refractivity contribution is 5.85. The Morgan fingerprint density at radius 1 is 1.41 bits per heavy atom. The fourth-order valence-electron chi connectivity index (χ4n) is 1.30. The van der Waals surface area contributed by atoms with E-state index in [1.807, 2.05) is 0 Å². The Kier molecular flexibility index (Phi) is 5.57. The van der Waals surface area contributed by atoms with Crippen LogP contribution in [0.25, 0.3) is 0 Å². The van der Waals surface area contributed by atoms with Crippen LogP contribution in [-0.4, -0.2) is 18.4 Å². The fourth-order valence-corrected chi connectivity index (χ4v) is 1.30. The highest BCUT2D eigenvalue weighted by Gasteiger charge is 2.31. The van der Waals surface area contributed by atoms with Gasteiger partial charge in [0.05, 0.1) is 13.5 Å². The van der Waals surface area contributed by atoms with Gasteiger partial charge in [0.2, 0.25) is 0 Å². The first kappa shape index (κ1) is 15.9. The zero-order valence-corrected chi connectivity index (χ0v) is 9.81. The van der Waals surface area contributed by atoms with Crippen LogP contribution in [0.15, 0.2) is 18.2 Å². The van der Waals surface area contributed by atoms with Crippen molar-refractivity contribution in [2.75, 3.05) is 7.11 Å². The highest BCUT2D eigenvalue weighted by Crippen LogP contribution is 2.32. The molecule has 0 aliphatic carbocycles. The minimum absolute atomic E-state index is 0. The van der Waals surface area contributed by atoms with Gasteiger partial charge in [-0.05, 0) is 17.7 Å². The van der Waals surface area contributed by atoms with Crippen LogP contribution in [0.5, 0.6) is 11.5 Å². The van der Waals surface area contributed by atoms with Gasteiger partial charge >= 0.3 is 6.18 Å². The summed E-state index contributed by atoms with van der Waals surface area (Å²) in [5.74, 6) is -0.0272. The first-order chi connectivity index (χ1) is 7.33. The number of nitrogens with two attached hydrogens (primary N) is 1. The Bertz CT molecular complexity index is 371. The van der Waals surface area contributed by atoms with Crippen LogP contribution in [0.2, 0.25) is 0 Å². The molecule has 0 saturated heterocycles.